The Balaban J connectivity index is 1.46. The molecule has 0 saturated carbocycles. The fourth-order valence-corrected chi connectivity index (χ4v) is 4.65. The van der Waals surface area contributed by atoms with Gasteiger partial charge in [0.2, 0.25) is 5.91 Å². The molecule has 1 fully saturated rings. The Labute approximate surface area is 177 Å². The number of ether oxygens (including phenoxy) is 2. The minimum Gasteiger partial charge on any atom is -0.499 e. The van der Waals surface area contributed by atoms with Crippen molar-refractivity contribution in [1.82, 2.24) is 15.1 Å². The average Bonchev–Trinajstić information content (AvgIpc) is 3.43. The Morgan fingerprint density at radius 3 is 2.63 bits per heavy atom. The molecule has 1 saturated heterocycles. The van der Waals surface area contributed by atoms with Crippen LogP contribution in [0.2, 0.25) is 0 Å². The summed E-state index contributed by atoms with van der Waals surface area (Å²) in [6.07, 6.45) is 3.88. The lowest BCUT2D eigenvalue weighted by atomic mass is 10.1. The van der Waals surface area contributed by atoms with Crippen molar-refractivity contribution in [3.05, 3.63) is 59.5 Å². The van der Waals surface area contributed by atoms with Gasteiger partial charge in [0, 0.05) is 30.9 Å². The van der Waals surface area contributed by atoms with E-state index in [2.05, 4.69) is 10.2 Å². The topological polar surface area (TPSA) is 71.1 Å². The van der Waals surface area contributed by atoms with Crippen LogP contribution >= 0.6 is 0 Å². The quantitative estimate of drug-likeness (QED) is 0.741. The van der Waals surface area contributed by atoms with Gasteiger partial charge in [0.15, 0.2) is 0 Å². The molecular weight excluding hydrogens is 382 g/mol. The van der Waals surface area contributed by atoms with Gasteiger partial charge in [-0.25, -0.2) is 0 Å². The lowest BCUT2D eigenvalue weighted by Gasteiger charge is -2.35. The van der Waals surface area contributed by atoms with Gasteiger partial charge in [-0.1, -0.05) is 30.3 Å². The van der Waals surface area contributed by atoms with Gasteiger partial charge in [0.25, 0.3) is 5.91 Å². The van der Waals surface area contributed by atoms with E-state index in [4.69, 9.17) is 9.47 Å². The van der Waals surface area contributed by atoms with Crippen molar-refractivity contribution in [2.24, 2.45) is 0 Å². The molecule has 2 amide bonds. The van der Waals surface area contributed by atoms with Gasteiger partial charge in [-0.2, -0.15) is 0 Å². The molecule has 0 radical (unpaired) electrons. The Morgan fingerprint density at radius 1 is 1.20 bits per heavy atom. The van der Waals surface area contributed by atoms with Crippen LogP contribution in [0.15, 0.2) is 53.9 Å². The van der Waals surface area contributed by atoms with E-state index in [1.54, 1.807) is 19.3 Å². The summed E-state index contributed by atoms with van der Waals surface area (Å²) in [5.74, 6) is 0.549. The van der Waals surface area contributed by atoms with Crippen LogP contribution in [0, 0.1) is 0 Å². The maximum absolute atomic E-state index is 12.9. The standard InChI is InChI=1S/C23H29N3O4/c1-15-19(11-21(27)24-15)25-10-9-18(13-25)26-22(28)12-20(29-3)23(26)16(2)30-14-17-7-5-4-6-8-17/h4-8,11-12,15-16,18,23H,9-10,13-14H2,1-3H3,(H,24,27)/t15-,16+,18-,23-/m0/s1. The fraction of sp³-hybridized carbons (Fsp3) is 0.478. The number of likely N-dealkylation sites (tertiary alicyclic amines) is 1. The fourth-order valence-electron chi connectivity index (χ4n) is 4.65. The smallest absolute Gasteiger partial charge is 0.251 e. The Bertz CT molecular complexity index is 866. The van der Waals surface area contributed by atoms with E-state index >= 15 is 0 Å². The van der Waals surface area contributed by atoms with E-state index in [1.165, 1.54) is 0 Å². The molecule has 4 atom stereocenters. The number of nitrogens with one attached hydrogen (secondary N) is 1. The molecule has 1 aromatic carbocycles. The largest absolute Gasteiger partial charge is 0.499 e. The normalized spacial score (nSPS) is 27.2. The van der Waals surface area contributed by atoms with Crippen molar-refractivity contribution in [3.8, 4) is 0 Å². The first kappa shape index (κ1) is 20.5. The molecule has 0 spiro atoms. The first-order valence-electron chi connectivity index (χ1n) is 10.5. The van der Waals surface area contributed by atoms with Crippen LogP contribution in [-0.2, 0) is 25.7 Å². The van der Waals surface area contributed by atoms with Crippen molar-refractivity contribution >= 4 is 11.8 Å². The summed E-state index contributed by atoms with van der Waals surface area (Å²) in [5, 5.41) is 2.91. The van der Waals surface area contributed by atoms with E-state index in [-0.39, 0.29) is 36.0 Å². The lowest BCUT2D eigenvalue weighted by molar-refractivity contribution is -0.131. The molecule has 0 aromatic heterocycles. The molecule has 3 aliphatic heterocycles. The zero-order valence-corrected chi connectivity index (χ0v) is 17.7. The van der Waals surface area contributed by atoms with Gasteiger partial charge < -0.3 is 24.6 Å². The van der Waals surface area contributed by atoms with Gasteiger partial charge in [-0.05, 0) is 25.8 Å². The molecule has 7 heteroatoms. The maximum Gasteiger partial charge on any atom is 0.251 e. The Hall–Kier alpha value is -2.80. The number of nitrogens with zero attached hydrogens (tertiary/aromatic N) is 2. The van der Waals surface area contributed by atoms with Crippen molar-refractivity contribution in [2.75, 3.05) is 20.2 Å². The number of hydrogen-bond acceptors (Lipinski definition) is 5. The highest BCUT2D eigenvalue weighted by Crippen LogP contribution is 2.32. The molecule has 0 aliphatic carbocycles. The summed E-state index contributed by atoms with van der Waals surface area (Å²) in [4.78, 5) is 28.7. The van der Waals surface area contributed by atoms with Gasteiger partial charge in [0.05, 0.1) is 31.9 Å². The van der Waals surface area contributed by atoms with E-state index in [1.807, 2.05) is 49.1 Å². The summed E-state index contributed by atoms with van der Waals surface area (Å²) >= 11 is 0. The number of carbonyl (C=O) groups is 2. The van der Waals surface area contributed by atoms with Crippen LogP contribution in [0.5, 0.6) is 0 Å². The molecule has 1 aromatic rings. The van der Waals surface area contributed by atoms with Gasteiger partial charge in [0.1, 0.15) is 11.8 Å². The predicted octanol–water partition coefficient (Wildman–Crippen LogP) is 1.81. The molecule has 0 unspecified atom stereocenters. The number of benzene rings is 1. The monoisotopic (exact) mass is 411 g/mol. The number of methoxy groups -OCH3 is 1. The van der Waals surface area contributed by atoms with Crippen LogP contribution in [0.1, 0.15) is 25.8 Å². The van der Waals surface area contributed by atoms with Gasteiger partial charge >= 0.3 is 0 Å². The SMILES string of the molecule is COC1=CC(=O)N([C@H]2CCN(C3=CC(=O)N[C@H]3C)C2)[C@H]1[C@@H](C)OCc1ccccc1. The van der Waals surface area contributed by atoms with Crippen LogP contribution in [0.4, 0.5) is 0 Å². The third-order valence-corrected chi connectivity index (χ3v) is 6.15. The molecule has 4 rings (SSSR count). The first-order chi connectivity index (χ1) is 14.5. The van der Waals surface area contributed by atoms with Crippen LogP contribution in [0.25, 0.3) is 0 Å². The summed E-state index contributed by atoms with van der Waals surface area (Å²) in [6, 6.07) is 9.79. The summed E-state index contributed by atoms with van der Waals surface area (Å²) in [7, 11) is 1.60. The molecule has 3 heterocycles. The molecule has 3 aliphatic rings. The zero-order chi connectivity index (χ0) is 21.3. The summed E-state index contributed by atoms with van der Waals surface area (Å²) < 4.78 is 11.7. The number of amides is 2. The first-order valence-corrected chi connectivity index (χ1v) is 10.5. The van der Waals surface area contributed by atoms with Gasteiger partial charge in [-0.15, -0.1) is 0 Å². The molecule has 7 nitrogen and oxygen atoms in total. The second-order valence-electron chi connectivity index (χ2n) is 8.13. The van der Waals surface area contributed by atoms with Crippen LogP contribution in [0.3, 0.4) is 0 Å². The molecule has 30 heavy (non-hydrogen) atoms. The van der Waals surface area contributed by atoms with Crippen molar-refractivity contribution < 1.29 is 19.1 Å². The van der Waals surface area contributed by atoms with Crippen molar-refractivity contribution in [1.29, 1.82) is 0 Å². The zero-order valence-electron chi connectivity index (χ0n) is 17.7. The minimum absolute atomic E-state index is 0.00196. The second-order valence-corrected chi connectivity index (χ2v) is 8.13. The minimum atomic E-state index is -0.258. The maximum atomic E-state index is 12.9. The number of hydrogen-bond donors (Lipinski definition) is 1. The highest BCUT2D eigenvalue weighted by molar-refractivity contribution is 5.92. The predicted molar refractivity (Wildman–Crippen MR) is 112 cm³/mol. The van der Waals surface area contributed by atoms with E-state index in [0.29, 0.717) is 18.9 Å². The number of carbonyl (C=O) groups excluding carboxylic acids is 2. The molecular formula is C23H29N3O4. The van der Waals surface area contributed by atoms with Crippen LogP contribution in [-0.4, -0.2) is 66.0 Å². The van der Waals surface area contributed by atoms with E-state index in [0.717, 1.165) is 24.2 Å². The van der Waals surface area contributed by atoms with Gasteiger partial charge in [-0.3, -0.25) is 9.59 Å². The lowest BCUT2D eigenvalue weighted by Crippen LogP contribution is -2.50. The average molecular weight is 412 g/mol. The molecule has 0 bridgehead atoms. The molecule has 160 valence electrons. The number of rotatable bonds is 7. The second kappa shape index (κ2) is 8.52. The van der Waals surface area contributed by atoms with E-state index < -0.39 is 0 Å². The highest BCUT2D eigenvalue weighted by atomic mass is 16.5. The summed E-state index contributed by atoms with van der Waals surface area (Å²) in [5.41, 5.74) is 2.09. The highest BCUT2D eigenvalue weighted by Gasteiger charge is 2.44. The molecule has 1 N–H and O–H groups in total. The van der Waals surface area contributed by atoms with Crippen molar-refractivity contribution in [2.45, 2.75) is 51.1 Å². The van der Waals surface area contributed by atoms with E-state index in [9.17, 15) is 9.59 Å². The third kappa shape index (κ3) is 3.94. The van der Waals surface area contributed by atoms with Crippen LogP contribution < -0.4 is 5.32 Å². The Morgan fingerprint density at radius 2 is 1.97 bits per heavy atom. The summed E-state index contributed by atoms with van der Waals surface area (Å²) in [6.45, 7) is 5.96. The third-order valence-electron chi connectivity index (χ3n) is 6.15. The Kier molecular flexibility index (Phi) is 5.81. The van der Waals surface area contributed by atoms with Crippen molar-refractivity contribution in [3.63, 3.8) is 0 Å².